The van der Waals surface area contributed by atoms with E-state index in [0.29, 0.717) is 5.56 Å². The van der Waals surface area contributed by atoms with Crippen LogP contribution in [-0.2, 0) is 27.5 Å². The second-order valence-electron chi connectivity index (χ2n) is 9.93. The number of rotatable bonds is 10. The first kappa shape index (κ1) is 30.4. The van der Waals surface area contributed by atoms with E-state index in [2.05, 4.69) is 15.3 Å². The van der Waals surface area contributed by atoms with E-state index in [4.69, 9.17) is 0 Å². The van der Waals surface area contributed by atoms with Gasteiger partial charge < -0.3 is 15.4 Å². The molecule has 0 aliphatic carbocycles. The first-order chi connectivity index (χ1) is 21.1. The van der Waals surface area contributed by atoms with Gasteiger partial charge >= 0.3 is 12.1 Å². The van der Waals surface area contributed by atoms with E-state index < -0.39 is 40.5 Å². The van der Waals surface area contributed by atoms with Crippen molar-refractivity contribution in [2.75, 3.05) is 5.75 Å². The number of H-pyrrole nitrogens is 1. The Bertz CT molecular complexity index is 1770. The highest BCUT2D eigenvalue weighted by Crippen LogP contribution is 2.32. The summed E-state index contributed by atoms with van der Waals surface area (Å²) >= 11 is 0. The van der Waals surface area contributed by atoms with Crippen LogP contribution in [0.3, 0.4) is 0 Å². The molecular weight excluding hydrogens is 591 g/mol. The molecule has 5 aromatic rings. The summed E-state index contributed by atoms with van der Waals surface area (Å²) in [4.78, 5) is 33.0. The zero-order valence-corrected chi connectivity index (χ0v) is 23.9. The van der Waals surface area contributed by atoms with Gasteiger partial charge in [-0.15, -0.1) is 0 Å². The Hall–Kier alpha value is -5.03. The normalized spacial score (nSPS) is 12.8. The number of carbonyl (C=O) groups is 2. The average molecular weight is 618 g/mol. The number of carboxylic acids is 1. The smallest absolute Gasteiger partial charge is 0.416 e. The predicted octanol–water partition coefficient (Wildman–Crippen LogP) is 6.56. The highest BCUT2D eigenvalue weighted by atomic mass is 32.2. The molecule has 44 heavy (non-hydrogen) atoms. The molecule has 5 rings (SSSR count). The number of aromatic nitrogens is 2. The van der Waals surface area contributed by atoms with Gasteiger partial charge in [0.2, 0.25) is 0 Å². The molecule has 224 valence electrons. The molecule has 1 amide bonds. The lowest BCUT2D eigenvalue weighted by atomic mass is 10.0. The van der Waals surface area contributed by atoms with Gasteiger partial charge in [-0.05, 0) is 28.8 Å². The van der Waals surface area contributed by atoms with Crippen LogP contribution >= 0.6 is 0 Å². The van der Waals surface area contributed by atoms with Crippen LogP contribution in [0.4, 0.5) is 13.2 Å². The van der Waals surface area contributed by atoms with Gasteiger partial charge in [-0.2, -0.15) is 13.2 Å². The largest absolute Gasteiger partial charge is 0.480 e. The lowest BCUT2D eigenvalue weighted by molar-refractivity contribution is -0.139. The van der Waals surface area contributed by atoms with Gasteiger partial charge in [0.1, 0.15) is 23.3 Å². The van der Waals surface area contributed by atoms with Crippen molar-refractivity contribution in [1.82, 2.24) is 15.3 Å². The Morgan fingerprint density at radius 3 is 1.93 bits per heavy atom. The Morgan fingerprint density at radius 2 is 1.34 bits per heavy atom. The quantitative estimate of drug-likeness (QED) is 0.164. The van der Waals surface area contributed by atoms with E-state index >= 15 is 0 Å². The Kier molecular flexibility index (Phi) is 9.05. The maximum absolute atomic E-state index is 13.5. The third-order valence-corrected chi connectivity index (χ3v) is 8.17. The molecule has 0 bridgehead atoms. The number of nitrogens with one attached hydrogen (secondary N) is 2. The minimum atomic E-state index is -4.52. The number of carboxylic acid groups (broad SMARTS) is 1. The molecule has 7 nitrogen and oxygen atoms in total. The molecule has 0 aliphatic heterocycles. The SMILES string of the molecule is O=C(N[C@@H](CS(=O)Cc1ccccc1)C(=O)O)c1[nH]c(-c2ccc(C(F)(F)F)cc2)nc1-c1ccc(-c2ccccc2)cc1. The van der Waals surface area contributed by atoms with Crippen LogP contribution in [0.5, 0.6) is 0 Å². The molecular formula is C33H26F3N3O4S. The second kappa shape index (κ2) is 13.1. The first-order valence-corrected chi connectivity index (χ1v) is 14.9. The number of aromatic amines is 1. The van der Waals surface area contributed by atoms with Crippen LogP contribution in [0, 0.1) is 0 Å². The van der Waals surface area contributed by atoms with Crippen molar-refractivity contribution in [3.8, 4) is 33.8 Å². The summed E-state index contributed by atoms with van der Waals surface area (Å²) in [7, 11) is -1.60. The van der Waals surface area contributed by atoms with Crippen LogP contribution < -0.4 is 5.32 Å². The number of amides is 1. The molecule has 0 saturated carbocycles. The standard InChI is InChI=1S/C33H26F3N3O4S/c34-33(35,36)26-17-15-25(16-18-26)30-38-28(24-13-11-23(12-14-24)22-9-5-2-6-10-22)29(39-30)31(40)37-27(32(41)42)20-44(43)19-21-7-3-1-4-8-21/h1-18,27H,19-20H2,(H,37,40)(H,38,39)(H,41,42)/t27-,44?/m0/s1. The summed E-state index contributed by atoms with van der Waals surface area (Å²) in [6.07, 6.45) is -4.52. The summed E-state index contributed by atoms with van der Waals surface area (Å²) < 4.78 is 52.1. The van der Waals surface area contributed by atoms with Crippen molar-refractivity contribution < 1.29 is 32.1 Å². The third kappa shape index (κ3) is 7.30. The van der Waals surface area contributed by atoms with Crippen LogP contribution in [-0.4, -0.2) is 43.0 Å². The molecule has 0 fully saturated rings. The number of aliphatic carboxylic acids is 1. The molecule has 2 atom stereocenters. The Morgan fingerprint density at radius 1 is 0.795 bits per heavy atom. The van der Waals surface area contributed by atoms with E-state index in [9.17, 15) is 32.1 Å². The van der Waals surface area contributed by atoms with Crippen molar-refractivity contribution in [2.45, 2.75) is 18.0 Å². The number of hydrogen-bond acceptors (Lipinski definition) is 4. The fourth-order valence-corrected chi connectivity index (χ4v) is 5.84. The molecule has 11 heteroatoms. The van der Waals surface area contributed by atoms with Crippen LogP contribution in [0.15, 0.2) is 109 Å². The van der Waals surface area contributed by atoms with E-state index in [0.717, 1.165) is 28.8 Å². The molecule has 0 aliphatic rings. The number of carbonyl (C=O) groups excluding carboxylic acids is 1. The zero-order valence-electron chi connectivity index (χ0n) is 23.0. The number of imidazole rings is 1. The Labute approximate surface area is 253 Å². The monoisotopic (exact) mass is 617 g/mol. The number of hydrogen-bond donors (Lipinski definition) is 3. The van der Waals surface area contributed by atoms with Gasteiger partial charge in [-0.3, -0.25) is 9.00 Å². The maximum Gasteiger partial charge on any atom is 0.416 e. The number of alkyl halides is 3. The fourth-order valence-electron chi connectivity index (χ4n) is 4.56. The highest BCUT2D eigenvalue weighted by molar-refractivity contribution is 7.84. The molecule has 1 aromatic heterocycles. The molecule has 0 saturated heterocycles. The van der Waals surface area contributed by atoms with E-state index in [-0.39, 0.29) is 34.3 Å². The number of halogens is 3. The maximum atomic E-state index is 13.5. The van der Waals surface area contributed by atoms with Crippen molar-refractivity contribution in [3.05, 3.63) is 126 Å². The van der Waals surface area contributed by atoms with Crippen LogP contribution in [0.25, 0.3) is 33.8 Å². The van der Waals surface area contributed by atoms with E-state index in [1.165, 1.54) is 12.1 Å². The van der Waals surface area contributed by atoms with Crippen molar-refractivity contribution in [3.63, 3.8) is 0 Å². The summed E-state index contributed by atoms with van der Waals surface area (Å²) in [6, 6.07) is 28.5. The minimum absolute atomic E-state index is 0.0903. The predicted molar refractivity (Wildman–Crippen MR) is 162 cm³/mol. The molecule has 1 unspecified atom stereocenters. The number of benzene rings is 4. The van der Waals surface area contributed by atoms with Gasteiger partial charge in [-0.1, -0.05) is 97.1 Å². The van der Waals surface area contributed by atoms with Crippen LogP contribution in [0.2, 0.25) is 0 Å². The Balaban J connectivity index is 1.45. The van der Waals surface area contributed by atoms with Gasteiger partial charge in [0.15, 0.2) is 0 Å². The van der Waals surface area contributed by atoms with E-state index in [1.807, 2.05) is 48.5 Å². The summed E-state index contributed by atoms with van der Waals surface area (Å²) in [5.74, 6) is -2.29. The van der Waals surface area contributed by atoms with Gasteiger partial charge in [0.05, 0.1) is 11.3 Å². The van der Waals surface area contributed by atoms with Gasteiger partial charge in [0.25, 0.3) is 5.91 Å². The number of nitrogens with zero attached hydrogens (tertiary/aromatic N) is 1. The van der Waals surface area contributed by atoms with Crippen LogP contribution in [0.1, 0.15) is 21.6 Å². The molecule has 0 radical (unpaired) electrons. The topological polar surface area (TPSA) is 112 Å². The summed E-state index contributed by atoms with van der Waals surface area (Å²) in [5, 5.41) is 12.3. The molecule has 4 aromatic carbocycles. The minimum Gasteiger partial charge on any atom is -0.480 e. The summed E-state index contributed by atoms with van der Waals surface area (Å²) in [5.41, 5.74) is 2.69. The second-order valence-corrected chi connectivity index (χ2v) is 11.4. The third-order valence-electron chi connectivity index (χ3n) is 6.81. The zero-order chi connectivity index (χ0) is 31.3. The fraction of sp³-hybridized carbons (Fsp3) is 0.121. The lowest BCUT2D eigenvalue weighted by Crippen LogP contribution is -2.44. The van der Waals surface area contributed by atoms with Crippen molar-refractivity contribution in [1.29, 1.82) is 0 Å². The van der Waals surface area contributed by atoms with Crippen molar-refractivity contribution >= 4 is 22.7 Å². The average Bonchev–Trinajstić information content (AvgIpc) is 3.47. The molecule has 3 N–H and O–H groups in total. The first-order valence-electron chi connectivity index (χ1n) is 13.4. The highest BCUT2D eigenvalue weighted by Gasteiger charge is 2.31. The van der Waals surface area contributed by atoms with Gasteiger partial charge in [0, 0.05) is 27.7 Å². The molecule has 1 heterocycles. The van der Waals surface area contributed by atoms with Crippen molar-refractivity contribution in [2.24, 2.45) is 0 Å². The lowest BCUT2D eigenvalue weighted by Gasteiger charge is -2.14. The molecule has 0 spiro atoms. The van der Waals surface area contributed by atoms with E-state index in [1.54, 1.807) is 36.4 Å². The van der Waals surface area contributed by atoms with Gasteiger partial charge in [-0.25, -0.2) is 9.78 Å². The summed E-state index contributed by atoms with van der Waals surface area (Å²) in [6.45, 7) is 0.